The van der Waals surface area contributed by atoms with Gasteiger partial charge in [-0.25, -0.2) is 0 Å². The number of hydrogen-bond donors (Lipinski definition) is 2. The van der Waals surface area contributed by atoms with Crippen molar-refractivity contribution >= 4 is 29.9 Å². The molecular weight excluding hydrogens is 314 g/mol. The van der Waals surface area contributed by atoms with Crippen LogP contribution in [0.3, 0.4) is 0 Å². The van der Waals surface area contributed by atoms with Crippen molar-refractivity contribution in [2.24, 2.45) is 5.73 Å². The number of carbonyl (C=O) groups excluding carboxylic acids is 2. The summed E-state index contributed by atoms with van der Waals surface area (Å²) >= 11 is 0. The van der Waals surface area contributed by atoms with Gasteiger partial charge in [-0.05, 0) is 37.1 Å². The standard InChI is InChI=1S/C17H25N3O2.ClH/c1-2-3-5-14(12-18)19-17(22)13-7-9-15(10-8-13)20-11-4-6-16(20)21;/h7-10,14H,2-6,11-12,18H2,1H3,(H,19,22);1H. The van der Waals surface area contributed by atoms with Crippen LogP contribution in [0.15, 0.2) is 24.3 Å². The van der Waals surface area contributed by atoms with Gasteiger partial charge in [0.2, 0.25) is 5.91 Å². The third-order valence-corrected chi connectivity index (χ3v) is 4.04. The minimum Gasteiger partial charge on any atom is -0.348 e. The number of carbonyl (C=O) groups is 2. The zero-order valence-electron chi connectivity index (χ0n) is 13.6. The van der Waals surface area contributed by atoms with Crippen molar-refractivity contribution in [1.29, 1.82) is 0 Å². The molecule has 5 nitrogen and oxygen atoms in total. The van der Waals surface area contributed by atoms with Crippen LogP contribution in [0, 0.1) is 0 Å². The van der Waals surface area contributed by atoms with Gasteiger partial charge in [0.05, 0.1) is 0 Å². The Morgan fingerprint density at radius 2 is 2.04 bits per heavy atom. The molecule has 0 aromatic heterocycles. The molecular formula is C17H26ClN3O2. The Morgan fingerprint density at radius 1 is 1.35 bits per heavy atom. The minimum atomic E-state index is -0.106. The summed E-state index contributed by atoms with van der Waals surface area (Å²) in [5.41, 5.74) is 7.17. The third kappa shape index (κ3) is 5.22. The van der Waals surface area contributed by atoms with Crippen LogP contribution in [-0.2, 0) is 4.79 Å². The molecule has 0 spiro atoms. The Hall–Kier alpha value is -1.59. The van der Waals surface area contributed by atoms with E-state index in [0.29, 0.717) is 18.5 Å². The van der Waals surface area contributed by atoms with Crippen molar-refractivity contribution < 1.29 is 9.59 Å². The van der Waals surface area contributed by atoms with Crippen molar-refractivity contribution in [1.82, 2.24) is 5.32 Å². The SMILES string of the molecule is CCCCC(CN)NC(=O)c1ccc(N2CCCC2=O)cc1.Cl. The average Bonchev–Trinajstić information content (AvgIpc) is 2.97. The lowest BCUT2D eigenvalue weighted by Gasteiger charge is -2.18. The number of halogens is 1. The van der Waals surface area contributed by atoms with E-state index in [1.807, 2.05) is 12.1 Å². The molecule has 1 atom stereocenters. The Balaban J connectivity index is 0.00000264. The van der Waals surface area contributed by atoms with Crippen molar-refractivity contribution in [3.8, 4) is 0 Å². The second-order valence-electron chi connectivity index (χ2n) is 5.74. The average molecular weight is 340 g/mol. The molecule has 0 saturated carbocycles. The summed E-state index contributed by atoms with van der Waals surface area (Å²) in [4.78, 5) is 25.7. The van der Waals surface area contributed by atoms with E-state index in [4.69, 9.17) is 5.73 Å². The fraction of sp³-hybridized carbons (Fsp3) is 0.529. The Morgan fingerprint density at radius 3 is 2.57 bits per heavy atom. The Labute approximate surface area is 144 Å². The van der Waals surface area contributed by atoms with E-state index in [1.54, 1.807) is 17.0 Å². The number of anilines is 1. The molecule has 6 heteroatoms. The van der Waals surface area contributed by atoms with Gasteiger partial charge in [0.15, 0.2) is 0 Å². The molecule has 0 aliphatic carbocycles. The van der Waals surface area contributed by atoms with Crippen LogP contribution >= 0.6 is 12.4 Å². The predicted molar refractivity (Wildman–Crippen MR) is 95.1 cm³/mol. The summed E-state index contributed by atoms with van der Waals surface area (Å²) in [6, 6.07) is 7.23. The third-order valence-electron chi connectivity index (χ3n) is 4.04. The van der Waals surface area contributed by atoms with Crippen LogP contribution in [0.2, 0.25) is 0 Å². The van der Waals surface area contributed by atoms with Gasteiger partial charge in [-0.1, -0.05) is 19.8 Å². The van der Waals surface area contributed by atoms with Gasteiger partial charge < -0.3 is 16.0 Å². The fourth-order valence-electron chi connectivity index (χ4n) is 2.68. The summed E-state index contributed by atoms with van der Waals surface area (Å²) < 4.78 is 0. The van der Waals surface area contributed by atoms with Gasteiger partial charge in [-0.2, -0.15) is 0 Å². The van der Waals surface area contributed by atoms with E-state index in [2.05, 4.69) is 12.2 Å². The first-order chi connectivity index (χ1) is 10.7. The zero-order chi connectivity index (χ0) is 15.9. The predicted octanol–water partition coefficient (Wildman–Crippen LogP) is 2.48. The van der Waals surface area contributed by atoms with Crippen molar-refractivity contribution in [3.63, 3.8) is 0 Å². The molecule has 1 aliphatic rings. The maximum absolute atomic E-state index is 12.2. The molecule has 1 unspecified atom stereocenters. The van der Waals surface area contributed by atoms with E-state index in [-0.39, 0.29) is 30.3 Å². The van der Waals surface area contributed by atoms with Crippen LogP contribution in [-0.4, -0.2) is 30.9 Å². The number of nitrogens with zero attached hydrogens (tertiary/aromatic N) is 1. The minimum absolute atomic E-state index is 0. The van der Waals surface area contributed by atoms with E-state index >= 15 is 0 Å². The Bertz CT molecular complexity index is 519. The number of amides is 2. The van der Waals surface area contributed by atoms with Crippen molar-refractivity contribution in [3.05, 3.63) is 29.8 Å². The van der Waals surface area contributed by atoms with Crippen LogP contribution in [0.25, 0.3) is 0 Å². The van der Waals surface area contributed by atoms with E-state index in [9.17, 15) is 9.59 Å². The van der Waals surface area contributed by atoms with Crippen molar-refractivity contribution in [2.45, 2.75) is 45.1 Å². The van der Waals surface area contributed by atoms with Gasteiger partial charge in [0, 0.05) is 36.8 Å². The molecule has 2 amide bonds. The summed E-state index contributed by atoms with van der Waals surface area (Å²) in [7, 11) is 0. The fourth-order valence-corrected chi connectivity index (χ4v) is 2.68. The molecule has 1 fully saturated rings. The second kappa shape index (κ2) is 9.53. The Kier molecular flexibility index (Phi) is 8.06. The van der Waals surface area contributed by atoms with Crippen molar-refractivity contribution in [2.75, 3.05) is 18.0 Å². The molecule has 23 heavy (non-hydrogen) atoms. The van der Waals surface area contributed by atoms with Gasteiger partial charge in [-0.3, -0.25) is 9.59 Å². The highest BCUT2D eigenvalue weighted by molar-refractivity contribution is 5.97. The quantitative estimate of drug-likeness (QED) is 0.801. The van der Waals surface area contributed by atoms with Gasteiger partial charge in [0.25, 0.3) is 5.91 Å². The molecule has 3 N–H and O–H groups in total. The molecule has 0 radical (unpaired) electrons. The van der Waals surface area contributed by atoms with E-state index < -0.39 is 0 Å². The number of rotatable bonds is 7. The second-order valence-corrected chi connectivity index (χ2v) is 5.74. The lowest BCUT2D eigenvalue weighted by Crippen LogP contribution is -2.40. The number of benzene rings is 1. The van der Waals surface area contributed by atoms with Gasteiger partial charge in [0.1, 0.15) is 0 Å². The molecule has 1 aromatic rings. The first-order valence-electron chi connectivity index (χ1n) is 8.07. The normalized spacial score (nSPS) is 15.2. The topological polar surface area (TPSA) is 75.4 Å². The number of hydrogen-bond acceptors (Lipinski definition) is 3. The lowest BCUT2D eigenvalue weighted by atomic mass is 10.1. The first-order valence-corrected chi connectivity index (χ1v) is 8.07. The monoisotopic (exact) mass is 339 g/mol. The summed E-state index contributed by atoms with van der Waals surface area (Å²) in [6.07, 6.45) is 4.55. The van der Waals surface area contributed by atoms with Crippen LogP contribution in [0.4, 0.5) is 5.69 Å². The lowest BCUT2D eigenvalue weighted by molar-refractivity contribution is -0.117. The maximum atomic E-state index is 12.2. The first kappa shape index (κ1) is 19.5. The molecule has 2 rings (SSSR count). The van der Waals surface area contributed by atoms with Gasteiger partial charge in [-0.15, -0.1) is 12.4 Å². The highest BCUT2D eigenvalue weighted by Gasteiger charge is 2.21. The highest BCUT2D eigenvalue weighted by Crippen LogP contribution is 2.21. The molecule has 1 aliphatic heterocycles. The van der Waals surface area contributed by atoms with E-state index in [0.717, 1.165) is 37.9 Å². The molecule has 1 aromatic carbocycles. The van der Waals surface area contributed by atoms with Crippen LogP contribution in [0.5, 0.6) is 0 Å². The number of nitrogens with two attached hydrogens (primary N) is 1. The number of unbranched alkanes of at least 4 members (excludes halogenated alkanes) is 1. The molecule has 0 bridgehead atoms. The van der Waals surface area contributed by atoms with Crippen LogP contribution < -0.4 is 16.0 Å². The maximum Gasteiger partial charge on any atom is 0.251 e. The summed E-state index contributed by atoms with van der Waals surface area (Å²) in [5.74, 6) is 0.0471. The molecule has 128 valence electrons. The summed E-state index contributed by atoms with van der Waals surface area (Å²) in [6.45, 7) is 3.33. The smallest absolute Gasteiger partial charge is 0.251 e. The van der Waals surface area contributed by atoms with Gasteiger partial charge >= 0.3 is 0 Å². The zero-order valence-corrected chi connectivity index (χ0v) is 14.4. The summed E-state index contributed by atoms with van der Waals surface area (Å²) in [5, 5.41) is 2.97. The van der Waals surface area contributed by atoms with E-state index in [1.165, 1.54) is 0 Å². The largest absolute Gasteiger partial charge is 0.348 e. The molecule has 1 heterocycles. The molecule has 1 saturated heterocycles. The highest BCUT2D eigenvalue weighted by atomic mass is 35.5. The van der Waals surface area contributed by atoms with Crippen LogP contribution in [0.1, 0.15) is 49.4 Å². The number of nitrogens with one attached hydrogen (secondary N) is 1.